The monoisotopic (exact) mass is 727 g/mol. The molecule has 0 saturated heterocycles. The fourth-order valence-electron chi connectivity index (χ4n) is 5.28. The van der Waals surface area contributed by atoms with Crippen LogP contribution >= 0.6 is 23.2 Å². The highest BCUT2D eigenvalue weighted by atomic mass is 35.5. The van der Waals surface area contributed by atoms with Crippen molar-refractivity contribution >= 4 is 50.7 Å². The summed E-state index contributed by atoms with van der Waals surface area (Å²) < 4.78 is 54.8. The SMILES string of the molecule is CC[C@@H](C)NC(=O)[C@H](Cc1ccccc1)N(Cc1ccc(Cl)cc1Cl)C(=O)CN(c1ccc(F)cc1)S(=O)(=O)c1ccc2c(c1)OCCO2. The number of anilines is 1. The Morgan fingerprint density at radius 2 is 1.61 bits per heavy atom. The third-order valence-corrected chi connectivity index (χ3v) is 10.5. The predicted octanol–water partition coefficient (Wildman–Crippen LogP) is 6.65. The van der Waals surface area contributed by atoms with Crippen molar-refractivity contribution in [3.63, 3.8) is 0 Å². The molecule has 1 aliphatic heterocycles. The van der Waals surface area contributed by atoms with E-state index < -0.39 is 40.2 Å². The first-order valence-corrected chi connectivity index (χ1v) is 17.9. The lowest BCUT2D eigenvalue weighted by Crippen LogP contribution is -2.54. The molecule has 1 aliphatic rings. The van der Waals surface area contributed by atoms with E-state index in [0.717, 1.165) is 22.0 Å². The van der Waals surface area contributed by atoms with Gasteiger partial charge in [-0.3, -0.25) is 13.9 Å². The van der Waals surface area contributed by atoms with Crippen LogP contribution in [0.15, 0.2) is 95.9 Å². The first-order chi connectivity index (χ1) is 23.5. The van der Waals surface area contributed by atoms with Crippen LogP contribution in [-0.4, -0.2) is 57.0 Å². The zero-order chi connectivity index (χ0) is 35.1. The molecule has 0 saturated carbocycles. The fourth-order valence-corrected chi connectivity index (χ4v) is 7.17. The normalized spacial score (nSPS) is 13.7. The molecule has 1 N–H and O–H groups in total. The zero-order valence-electron chi connectivity index (χ0n) is 26.9. The van der Waals surface area contributed by atoms with E-state index in [1.807, 2.05) is 44.2 Å². The van der Waals surface area contributed by atoms with Gasteiger partial charge >= 0.3 is 0 Å². The van der Waals surface area contributed by atoms with Crippen molar-refractivity contribution in [2.24, 2.45) is 0 Å². The Labute approximate surface area is 295 Å². The number of carbonyl (C=O) groups is 2. The molecular formula is C36H36Cl2FN3O6S. The molecule has 49 heavy (non-hydrogen) atoms. The van der Waals surface area contributed by atoms with E-state index in [1.54, 1.807) is 12.1 Å². The summed E-state index contributed by atoms with van der Waals surface area (Å²) in [7, 11) is -4.46. The van der Waals surface area contributed by atoms with Crippen molar-refractivity contribution in [1.82, 2.24) is 10.2 Å². The summed E-state index contributed by atoms with van der Waals surface area (Å²) in [5, 5.41) is 3.64. The Bertz CT molecular complexity index is 1900. The number of nitrogens with zero attached hydrogens (tertiary/aromatic N) is 2. The molecule has 9 nitrogen and oxygen atoms in total. The first kappa shape index (κ1) is 36.0. The molecule has 1 heterocycles. The zero-order valence-corrected chi connectivity index (χ0v) is 29.3. The summed E-state index contributed by atoms with van der Waals surface area (Å²) in [5.74, 6) is -1.08. The number of ether oxygens (including phenoxy) is 2. The van der Waals surface area contributed by atoms with Gasteiger partial charge in [-0.25, -0.2) is 12.8 Å². The number of carbonyl (C=O) groups excluding carboxylic acids is 2. The van der Waals surface area contributed by atoms with Gasteiger partial charge in [0.15, 0.2) is 11.5 Å². The minimum Gasteiger partial charge on any atom is -0.486 e. The number of rotatable bonds is 13. The van der Waals surface area contributed by atoms with Gasteiger partial charge in [0.1, 0.15) is 31.6 Å². The molecule has 0 aliphatic carbocycles. The van der Waals surface area contributed by atoms with E-state index >= 15 is 0 Å². The summed E-state index contributed by atoms with van der Waals surface area (Å²) in [4.78, 5) is 29.8. The van der Waals surface area contributed by atoms with Crippen LogP contribution in [0, 0.1) is 5.82 Å². The molecule has 258 valence electrons. The van der Waals surface area contributed by atoms with Gasteiger partial charge in [-0.05, 0) is 73.0 Å². The van der Waals surface area contributed by atoms with Gasteiger partial charge in [-0.2, -0.15) is 0 Å². The van der Waals surface area contributed by atoms with Crippen molar-refractivity contribution in [2.45, 2.75) is 50.2 Å². The Hall–Kier alpha value is -4.32. The first-order valence-electron chi connectivity index (χ1n) is 15.7. The topological polar surface area (TPSA) is 105 Å². The maximum atomic E-state index is 14.6. The van der Waals surface area contributed by atoms with Crippen LogP contribution in [-0.2, 0) is 32.6 Å². The highest BCUT2D eigenvalue weighted by Gasteiger charge is 2.35. The van der Waals surface area contributed by atoms with Crippen LogP contribution in [0.1, 0.15) is 31.4 Å². The Kier molecular flexibility index (Phi) is 11.7. The van der Waals surface area contributed by atoms with E-state index in [1.165, 1.54) is 41.3 Å². The number of amides is 2. The van der Waals surface area contributed by atoms with Crippen LogP contribution in [0.2, 0.25) is 10.0 Å². The van der Waals surface area contributed by atoms with E-state index in [2.05, 4.69) is 5.32 Å². The smallest absolute Gasteiger partial charge is 0.264 e. The minimum atomic E-state index is -4.46. The third-order valence-electron chi connectivity index (χ3n) is 8.12. The molecule has 0 spiro atoms. The molecule has 0 bridgehead atoms. The standard InChI is InChI=1S/C36H36Cl2FN3O6S/c1-3-24(2)40-36(44)32(19-25-7-5-4-6-8-25)41(22-26-9-10-27(37)20-31(26)38)35(43)23-42(29-13-11-28(39)12-14-29)49(45,46)30-15-16-33-34(21-30)48-18-17-47-33/h4-16,20-21,24,32H,3,17-19,22-23H2,1-2H3,(H,40,44)/t24-,32+/m1/s1. The van der Waals surface area contributed by atoms with Gasteiger partial charge in [-0.1, -0.05) is 66.5 Å². The van der Waals surface area contributed by atoms with Crippen molar-refractivity contribution in [1.29, 1.82) is 0 Å². The molecule has 0 aromatic heterocycles. The second-order valence-electron chi connectivity index (χ2n) is 11.6. The van der Waals surface area contributed by atoms with E-state index in [-0.39, 0.29) is 47.0 Å². The minimum absolute atomic E-state index is 0.0396. The van der Waals surface area contributed by atoms with Gasteiger partial charge in [0.25, 0.3) is 10.0 Å². The maximum Gasteiger partial charge on any atom is 0.264 e. The molecule has 5 rings (SSSR count). The van der Waals surface area contributed by atoms with Crippen LogP contribution in [0.3, 0.4) is 0 Å². The average molecular weight is 729 g/mol. The lowest BCUT2D eigenvalue weighted by molar-refractivity contribution is -0.140. The van der Waals surface area contributed by atoms with Gasteiger partial charge in [0, 0.05) is 35.1 Å². The molecule has 4 aromatic carbocycles. The number of sulfonamides is 1. The molecule has 4 aromatic rings. The van der Waals surface area contributed by atoms with E-state index in [4.69, 9.17) is 32.7 Å². The Morgan fingerprint density at radius 1 is 0.918 bits per heavy atom. The van der Waals surface area contributed by atoms with E-state index in [9.17, 15) is 22.4 Å². The van der Waals surface area contributed by atoms with Crippen molar-refractivity contribution < 1.29 is 31.9 Å². The van der Waals surface area contributed by atoms with Crippen molar-refractivity contribution in [3.8, 4) is 11.5 Å². The third kappa shape index (κ3) is 8.83. The molecular weight excluding hydrogens is 692 g/mol. The lowest BCUT2D eigenvalue weighted by Gasteiger charge is -2.34. The summed E-state index contributed by atoms with van der Waals surface area (Å²) in [6.45, 7) is 3.47. The molecule has 0 fully saturated rings. The van der Waals surface area contributed by atoms with Gasteiger partial charge in [0.05, 0.1) is 10.6 Å². The van der Waals surface area contributed by atoms with E-state index in [0.29, 0.717) is 29.4 Å². The second-order valence-corrected chi connectivity index (χ2v) is 14.3. The molecule has 0 radical (unpaired) electrons. The van der Waals surface area contributed by atoms with Crippen LogP contribution < -0.4 is 19.1 Å². The summed E-state index contributed by atoms with van der Waals surface area (Å²) in [6, 6.07) is 21.7. The quantitative estimate of drug-likeness (QED) is 0.165. The largest absolute Gasteiger partial charge is 0.486 e. The van der Waals surface area contributed by atoms with Gasteiger partial charge in [-0.15, -0.1) is 0 Å². The number of nitrogens with one attached hydrogen (secondary N) is 1. The number of halogens is 3. The summed E-state index contributed by atoms with van der Waals surface area (Å²) >= 11 is 12.7. The van der Waals surface area contributed by atoms with Gasteiger partial charge < -0.3 is 19.7 Å². The fraction of sp³-hybridized carbons (Fsp3) is 0.278. The van der Waals surface area contributed by atoms with Crippen molar-refractivity contribution in [3.05, 3.63) is 118 Å². The molecule has 0 unspecified atom stereocenters. The van der Waals surface area contributed by atoms with Crippen molar-refractivity contribution in [2.75, 3.05) is 24.1 Å². The highest BCUT2D eigenvalue weighted by molar-refractivity contribution is 7.92. The molecule has 2 atom stereocenters. The Balaban J connectivity index is 1.59. The van der Waals surface area contributed by atoms with Crippen LogP contribution in [0.4, 0.5) is 10.1 Å². The number of benzene rings is 4. The molecule has 13 heteroatoms. The lowest BCUT2D eigenvalue weighted by atomic mass is 10.0. The van der Waals surface area contributed by atoms with Crippen LogP contribution in [0.25, 0.3) is 0 Å². The summed E-state index contributed by atoms with van der Waals surface area (Å²) in [5.41, 5.74) is 1.32. The predicted molar refractivity (Wildman–Crippen MR) is 187 cm³/mol. The number of hydrogen-bond acceptors (Lipinski definition) is 6. The summed E-state index contributed by atoms with van der Waals surface area (Å²) in [6.07, 6.45) is 0.776. The second kappa shape index (κ2) is 15.9. The number of hydrogen-bond donors (Lipinski definition) is 1. The molecule has 2 amide bonds. The average Bonchev–Trinajstić information content (AvgIpc) is 3.10. The maximum absolute atomic E-state index is 14.6. The van der Waals surface area contributed by atoms with Crippen LogP contribution in [0.5, 0.6) is 11.5 Å². The highest BCUT2D eigenvalue weighted by Crippen LogP contribution is 2.34. The van der Waals surface area contributed by atoms with Gasteiger partial charge in [0.2, 0.25) is 11.8 Å². The number of fused-ring (bicyclic) bond motifs is 1. The Morgan fingerprint density at radius 3 is 2.29 bits per heavy atom.